The quantitative estimate of drug-likeness (QED) is 0.799. The number of nitrogens with one attached hydrogen (secondary N) is 2. The highest BCUT2D eigenvalue weighted by Gasteiger charge is 2.07. The number of halogens is 2. The van der Waals surface area contributed by atoms with E-state index >= 15 is 0 Å². The van der Waals surface area contributed by atoms with E-state index in [4.69, 9.17) is 12.2 Å². The Bertz CT molecular complexity index is 660. The molecule has 0 aliphatic rings. The van der Waals surface area contributed by atoms with Crippen LogP contribution in [0.1, 0.15) is 11.1 Å². The van der Waals surface area contributed by atoms with Crippen LogP contribution in [-0.4, -0.2) is 11.7 Å². The summed E-state index contributed by atoms with van der Waals surface area (Å²) >= 11 is 5.24. The summed E-state index contributed by atoms with van der Waals surface area (Å²) in [5.74, 6) is 0.121. The first-order valence-corrected chi connectivity index (χ1v) is 7.05. The maximum absolute atomic E-state index is 12.2. The predicted octanol–water partition coefficient (Wildman–Crippen LogP) is 4.71. The standard InChI is InChI=1S/C16H16F2N2OS/c1-10-3-5-12(6-4-10)19-16(22)20-14-8-7-13(9-11(14)2)21-15(17)18/h3-9,15H,1-2H3,(H2,19,20,22). The number of ether oxygens (including phenoxy) is 1. The van der Waals surface area contributed by atoms with Crippen molar-refractivity contribution in [2.75, 3.05) is 10.6 Å². The monoisotopic (exact) mass is 322 g/mol. The second-order valence-electron chi connectivity index (χ2n) is 4.80. The fraction of sp³-hybridized carbons (Fsp3) is 0.188. The Labute approximate surface area is 133 Å². The van der Waals surface area contributed by atoms with Crippen molar-refractivity contribution in [3.05, 3.63) is 53.6 Å². The molecule has 2 rings (SSSR count). The average Bonchev–Trinajstić information content (AvgIpc) is 2.44. The van der Waals surface area contributed by atoms with E-state index in [0.29, 0.717) is 5.11 Å². The molecule has 0 aliphatic carbocycles. The maximum Gasteiger partial charge on any atom is 0.387 e. The first kappa shape index (κ1) is 16.2. The molecule has 0 spiro atoms. The minimum Gasteiger partial charge on any atom is -0.435 e. The Kier molecular flexibility index (Phi) is 5.27. The smallest absolute Gasteiger partial charge is 0.387 e. The van der Waals surface area contributed by atoms with Crippen LogP contribution >= 0.6 is 12.2 Å². The molecular formula is C16H16F2N2OS. The van der Waals surface area contributed by atoms with Gasteiger partial charge >= 0.3 is 6.61 Å². The normalized spacial score (nSPS) is 10.4. The molecule has 3 nitrogen and oxygen atoms in total. The molecule has 0 fully saturated rings. The molecule has 0 atom stereocenters. The highest BCUT2D eigenvalue weighted by molar-refractivity contribution is 7.80. The Morgan fingerprint density at radius 2 is 1.73 bits per heavy atom. The van der Waals surface area contributed by atoms with Gasteiger partial charge < -0.3 is 15.4 Å². The van der Waals surface area contributed by atoms with Crippen molar-refractivity contribution in [3.8, 4) is 5.75 Å². The Morgan fingerprint density at radius 1 is 1.05 bits per heavy atom. The molecule has 0 radical (unpaired) electrons. The van der Waals surface area contributed by atoms with E-state index in [9.17, 15) is 8.78 Å². The van der Waals surface area contributed by atoms with Gasteiger partial charge in [-0.3, -0.25) is 0 Å². The van der Waals surface area contributed by atoms with E-state index in [1.54, 1.807) is 13.0 Å². The third-order valence-corrected chi connectivity index (χ3v) is 3.18. The Balaban J connectivity index is 2.00. The molecular weight excluding hydrogens is 306 g/mol. The van der Waals surface area contributed by atoms with E-state index in [1.165, 1.54) is 12.1 Å². The largest absolute Gasteiger partial charge is 0.435 e. The molecule has 0 saturated heterocycles. The molecule has 6 heteroatoms. The fourth-order valence-corrected chi connectivity index (χ4v) is 2.10. The summed E-state index contributed by atoms with van der Waals surface area (Å²) in [6.07, 6.45) is 0. The molecule has 0 unspecified atom stereocenters. The summed E-state index contributed by atoms with van der Waals surface area (Å²) < 4.78 is 28.7. The van der Waals surface area contributed by atoms with Crippen LogP contribution in [0.3, 0.4) is 0 Å². The van der Waals surface area contributed by atoms with E-state index in [2.05, 4.69) is 15.4 Å². The van der Waals surface area contributed by atoms with Crippen LogP contribution in [0.25, 0.3) is 0 Å². The summed E-state index contributed by atoms with van der Waals surface area (Å²) in [7, 11) is 0. The molecule has 116 valence electrons. The fourth-order valence-electron chi connectivity index (χ4n) is 1.87. The molecule has 2 N–H and O–H groups in total. The predicted molar refractivity (Wildman–Crippen MR) is 88.8 cm³/mol. The van der Waals surface area contributed by atoms with Gasteiger partial charge in [-0.15, -0.1) is 0 Å². The first-order valence-electron chi connectivity index (χ1n) is 6.64. The van der Waals surface area contributed by atoms with Gasteiger partial charge in [0.2, 0.25) is 0 Å². The van der Waals surface area contributed by atoms with Crippen molar-refractivity contribution in [3.63, 3.8) is 0 Å². The van der Waals surface area contributed by atoms with E-state index in [0.717, 1.165) is 22.5 Å². The second kappa shape index (κ2) is 7.17. The zero-order valence-corrected chi connectivity index (χ0v) is 13.0. The molecule has 2 aromatic carbocycles. The zero-order chi connectivity index (χ0) is 16.1. The molecule has 0 aromatic heterocycles. The van der Waals surface area contributed by atoms with Gasteiger partial charge in [0, 0.05) is 11.4 Å². The van der Waals surface area contributed by atoms with E-state index in [1.807, 2.05) is 31.2 Å². The number of thiocarbonyl (C=S) groups is 1. The number of hydrogen-bond acceptors (Lipinski definition) is 2. The molecule has 0 heterocycles. The van der Waals surface area contributed by atoms with Crippen molar-refractivity contribution in [2.45, 2.75) is 20.5 Å². The minimum absolute atomic E-state index is 0.121. The Morgan fingerprint density at radius 3 is 2.32 bits per heavy atom. The summed E-state index contributed by atoms with van der Waals surface area (Å²) in [5.41, 5.74) is 3.52. The van der Waals surface area contributed by atoms with Crippen LogP contribution in [0, 0.1) is 13.8 Å². The van der Waals surface area contributed by atoms with Crippen LogP contribution in [0.5, 0.6) is 5.75 Å². The lowest BCUT2D eigenvalue weighted by Gasteiger charge is -2.14. The van der Waals surface area contributed by atoms with Crippen LogP contribution in [0.15, 0.2) is 42.5 Å². The van der Waals surface area contributed by atoms with Gasteiger partial charge in [-0.2, -0.15) is 8.78 Å². The SMILES string of the molecule is Cc1ccc(NC(=S)Nc2ccc(OC(F)F)cc2C)cc1. The number of alkyl halides is 2. The molecule has 0 bridgehead atoms. The van der Waals surface area contributed by atoms with E-state index < -0.39 is 6.61 Å². The lowest BCUT2D eigenvalue weighted by molar-refractivity contribution is -0.0498. The maximum atomic E-state index is 12.2. The lowest BCUT2D eigenvalue weighted by Crippen LogP contribution is -2.19. The summed E-state index contributed by atoms with van der Waals surface area (Å²) in [6.45, 7) is 0.963. The number of benzene rings is 2. The van der Waals surface area contributed by atoms with Crippen LogP contribution in [-0.2, 0) is 0 Å². The van der Waals surface area contributed by atoms with Gasteiger partial charge in [-0.05, 0) is 62.0 Å². The third kappa shape index (κ3) is 4.66. The van der Waals surface area contributed by atoms with Crippen molar-refractivity contribution in [2.24, 2.45) is 0 Å². The van der Waals surface area contributed by atoms with Crippen LogP contribution < -0.4 is 15.4 Å². The Hall–Kier alpha value is -2.21. The van der Waals surface area contributed by atoms with E-state index in [-0.39, 0.29) is 5.75 Å². The van der Waals surface area contributed by atoms with Gasteiger partial charge in [0.25, 0.3) is 0 Å². The van der Waals surface area contributed by atoms with Crippen molar-refractivity contribution in [1.29, 1.82) is 0 Å². The molecule has 0 aliphatic heterocycles. The highest BCUT2D eigenvalue weighted by Crippen LogP contribution is 2.23. The van der Waals surface area contributed by atoms with Gasteiger partial charge in [-0.1, -0.05) is 17.7 Å². The van der Waals surface area contributed by atoms with Gasteiger partial charge in [0.1, 0.15) is 5.75 Å². The molecule has 0 amide bonds. The van der Waals surface area contributed by atoms with Crippen LogP contribution in [0.4, 0.5) is 20.2 Å². The van der Waals surface area contributed by atoms with Crippen molar-refractivity contribution >= 4 is 28.7 Å². The van der Waals surface area contributed by atoms with Crippen LogP contribution in [0.2, 0.25) is 0 Å². The molecule has 22 heavy (non-hydrogen) atoms. The summed E-state index contributed by atoms with van der Waals surface area (Å²) in [5, 5.41) is 6.52. The zero-order valence-electron chi connectivity index (χ0n) is 12.2. The van der Waals surface area contributed by atoms with Crippen molar-refractivity contribution in [1.82, 2.24) is 0 Å². The summed E-state index contributed by atoms with van der Waals surface area (Å²) in [6, 6.07) is 12.5. The van der Waals surface area contributed by atoms with Gasteiger partial charge in [0.15, 0.2) is 5.11 Å². The second-order valence-corrected chi connectivity index (χ2v) is 5.21. The topological polar surface area (TPSA) is 33.3 Å². The van der Waals surface area contributed by atoms with Gasteiger partial charge in [-0.25, -0.2) is 0 Å². The first-order chi connectivity index (χ1) is 10.4. The number of anilines is 2. The number of hydrogen-bond donors (Lipinski definition) is 2. The summed E-state index contributed by atoms with van der Waals surface area (Å²) in [4.78, 5) is 0. The third-order valence-electron chi connectivity index (χ3n) is 2.98. The van der Waals surface area contributed by atoms with Gasteiger partial charge in [0.05, 0.1) is 0 Å². The minimum atomic E-state index is -2.83. The number of aryl methyl sites for hydroxylation is 2. The lowest BCUT2D eigenvalue weighted by atomic mass is 10.2. The number of rotatable bonds is 4. The highest BCUT2D eigenvalue weighted by atomic mass is 32.1. The molecule has 2 aromatic rings. The van der Waals surface area contributed by atoms with Crippen molar-refractivity contribution < 1.29 is 13.5 Å². The average molecular weight is 322 g/mol. The molecule has 0 saturated carbocycles.